The lowest BCUT2D eigenvalue weighted by Crippen LogP contribution is -2.29. The Labute approximate surface area is 147 Å². The molecule has 132 valence electrons. The van der Waals surface area contributed by atoms with Gasteiger partial charge in [-0.25, -0.2) is 0 Å². The average molecular weight is 340 g/mol. The van der Waals surface area contributed by atoms with Crippen LogP contribution in [0.2, 0.25) is 0 Å². The first-order valence-electron chi connectivity index (χ1n) is 8.92. The largest absolute Gasteiger partial charge is 0.490 e. The fourth-order valence-corrected chi connectivity index (χ4v) is 3.23. The molecule has 2 aromatic rings. The van der Waals surface area contributed by atoms with E-state index in [1.807, 2.05) is 31.2 Å². The predicted octanol–water partition coefficient (Wildman–Crippen LogP) is 3.58. The van der Waals surface area contributed by atoms with Crippen molar-refractivity contribution in [2.45, 2.75) is 51.2 Å². The molecule has 1 heterocycles. The summed E-state index contributed by atoms with van der Waals surface area (Å²) in [5.41, 5.74) is 1.11. The molecule has 5 heteroatoms. The summed E-state index contributed by atoms with van der Waals surface area (Å²) in [6.45, 7) is 2.02. The minimum Gasteiger partial charge on any atom is -0.490 e. The molecule has 1 aromatic carbocycles. The first-order chi connectivity index (χ1) is 12.2. The fourth-order valence-electron chi connectivity index (χ4n) is 3.23. The Morgan fingerprint density at radius 2 is 1.96 bits per heavy atom. The van der Waals surface area contributed by atoms with Crippen molar-refractivity contribution >= 4 is 5.91 Å². The fraction of sp³-hybridized carbons (Fsp3) is 0.400. The topological polar surface area (TPSA) is 71.2 Å². The molecule has 1 saturated carbocycles. The molecule has 1 aliphatic carbocycles. The summed E-state index contributed by atoms with van der Waals surface area (Å²) in [6.07, 6.45) is 7.33. The van der Waals surface area contributed by atoms with Crippen LogP contribution in [0, 0.1) is 0 Å². The Morgan fingerprint density at radius 3 is 2.60 bits per heavy atom. The van der Waals surface area contributed by atoms with Crippen LogP contribution in [0.25, 0.3) is 0 Å². The van der Waals surface area contributed by atoms with Gasteiger partial charge in [0.05, 0.1) is 12.1 Å². The number of ether oxygens (including phenoxy) is 1. The third-order valence-corrected chi connectivity index (χ3v) is 4.64. The predicted molar refractivity (Wildman–Crippen MR) is 96.9 cm³/mol. The normalized spacial score (nSPS) is 15.7. The van der Waals surface area contributed by atoms with Gasteiger partial charge in [0.15, 0.2) is 0 Å². The van der Waals surface area contributed by atoms with Gasteiger partial charge in [0.25, 0.3) is 5.91 Å². The number of benzene rings is 1. The zero-order valence-corrected chi connectivity index (χ0v) is 14.5. The number of aromatic nitrogens is 1. The second kappa shape index (κ2) is 8.01. The van der Waals surface area contributed by atoms with Gasteiger partial charge in [-0.2, -0.15) is 0 Å². The highest BCUT2D eigenvalue weighted by atomic mass is 16.5. The van der Waals surface area contributed by atoms with Crippen LogP contribution < -0.4 is 15.6 Å². The molecule has 1 unspecified atom stereocenters. The molecule has 0 spiro atoms. The number of carbonyl (C=O) groups excluding carboxylic acids is 1. The van der Waals surface area contributed by atoms with Crippen LogP contribution in [0.1, 0.15) is 61.0 Å². The molecule has 3 rings (SSSR count). The van der Waals surface area contributed by atoms with E-state index in [4.69, 9.17) is 4.74 Å². The van der Waals surface area contributed by atoms with Crippen molar-refractivity contribution < 1.29 is 9.53 Å². The van der Waals surface area contributed by atoms with Gasteiger partial charge < -0.3 is 15.0 Å². The number of rotatable bonds is 6. The van der Waals surface area contributed by atoms with Crippen molar-refractivity contribution in [1.82, 2.24) is 10.3 Å². The van der Waals surface area contributed by atoms with Gasteiger partial charge in [0, 0.05) is 17.8 Å². The van der Waals surface area contributed by atoms with E-state index < -0.39 is 0 Å². The SMILES string of the molecule is CCC(NC(=O)c1cc[nH]c(=O)c1)c1ccc(OC2CCCC2)cc1. The summed E-state index contributed by atoms with van der Waals surface area (Å²) < 4.78 is 5.98. The molecule has 25 heavy (non-hydrogen) atoms. The molecule has 0 bridgehead atoms. The highest BCUT2D eigenvalue weighted by Crippen LogP contribution is 2.26. The summed E-state index contributed by atoms with van der Waals surface area (Å²) >= 11 is 0. The van der Waals surface area contributed by atoms with Crippen LogP contribution in [0.4, 0.5) is 0 Å². The Kier molecular flexibility index (Phi) is 5.53. The van der Waals surface area contributed by atoms with Gasteiger partial charge >= 0.3 is 0 Å². The van der Waals surface area contributed by atoms with Gasteiger partial charge in [0.1, 0.15) is 5.75 Å². The highest BCUT2D eigenvalue weighted by molar-refractivity contribution is 5.94. The molecule has 1 fully saturated rings. The molecule has 1 aliphatic rings. The standard InChI is InChI=1S/C20H24N2O3/c1-2-18(22-20(24)15-11-12-21-19(23)13-15)14-7-9-17(10-8-14)25-16-5-3-4-6-16/h7-13,16,18H,2-6H2,1H3,(H,21,23)(H,22,24). The molecule has 1 amide bonds. The first kappa shape index (κ1) is 17.3. The van der Waals surface area contributed by atoms with E-state index in [1.165, 1.54) is 25.1 Å². The van der Waals surface area contributed by atoms with E-state index in [1.54, 1.807) is 6.07 Å². The van der Waals surface area contributed by atoms with E-state index in [0.29, 0.717) is 11.7 Å². The Morgan fingerprint density at radius 1 is 1.24 bits per heavy atom. The molecule has 1 aromatic heterocycles. The molecular formula is C20H24N2O3. The number of amides is 1. The van der Waals surface area contributed by atoms with Crippen LogP contribution >= 0.6 is 0 Å². The first-order valence-corrected chi connectivity index (χ1v) is 8.92. The molecule has 0 radical (unpaired) electrons. The maximum Gasteiger partial charge on any atom is 0.252 e. The number of H-pyrrole nitrogens is 1. The van der Waals surface area contributed by atoms with E-state index >= 15 is 0 Å². The van der Waals surface area contributed by atoms with E-state index in [9.17, 15) is 9.59 Å². The average Bonchev–Trinajstić information content (AvgIpc) is 3.13. The molecular weight excluding hydrogens is 316 g/mol. The summed E-state index contributed by atoms with van der Waals surface area (Å²) in [5.74, 6) is 0.635. The molecule has 0 saturated heterocycles. The van der Waals surface area contributed by atoms with Crippen LogP contribution in [0.15, 0.2) is 47.4 Å². The minimum atomic E-state index is -0.283. The van der Waals surface area contributed by atoms with Crippen LogP contribution in [-0.2, 0) is 0 Å². The van der Waals surface area contributed by atoms with Crippen molar-refractivity contribution in [1.29, 1.82) is 0 Å². The Hall–Kier alpha value is -2.56. The summed E-state index contributed by atoms with van der Waals surface area (Å²) in [4.78, 5) is 26.2. The van der Waals surface area contributed by atoms with Gasteiger partial charge in [-0.15, -0.1) is 0 Å². The highest BCUT2D eigenvalue weighted by Gasteiger charge is 2.17. The van der Waals surface area contributed by atoms with E-state index in [2.05, 4.69) is 10.3 Å². The lowest BCUT2D eigenvalue weighted by Gasteiger charge is -2.19. The molecule has 5 nitrogen and oxygen atoms in total. The number of aromatic amines is 1. The van der Waals surface area contributed by atoms with Gasteiger partial charge in [-0.3, -0.25) is 9.59 Å². The smallest absolute Gasteiger partial charge is 0.252 e. The molecule has 2 N–H and O–H groups in total. The lowest BCUT2D eigenvalue weighted by atomic mass is 10.0. The Balaban J connectivity index is 1.65. The van der Waals surface area contributed by atoms with Gasteiger partial charge in [0.2, 0.25) is 5.56 Å². The maximum atomic E-state index is 12.3. The van der Waals surface area contributed by atoms with Crippen LogP contribution in [-0.4, -0.2) is 17.0 Å². The van der Waals surface area contributed by atoms with Crippen molar-refractivity contribution in [3.63, 3.8) is 0 Å². The number of hydrogen-bond acceptors (Lipinski definition) is 3. The summed E-state index contributed by atoms with van der Waals surface area (Å²) in [6, 6.07) is 10.7. The minimum absolute atomic E-state index is 0.104. The quantitative estimate of drug-likeness (QED) is 0.844. The molecule has 0 aliphatic heterocycles. The number of nitrogens with one attached hydrogen (secondary N) is 2. The third kappa shape index (κ3) is 4.50. The van der Waals surface area contributed by atoms with Crippen molar-refractivity contribution in [2.75, 3.05) is 0 Å². The number of pyridine rings is 1. The summed E-state index contributed by atoms with van der Waals surface area (Å²) in [7, 11) is 0. The van der Waals surface area contributed by atoms with Crippen molar-refractivity contribution in [2.24, 2.45) is 0 Å². The summed E-state index contributed by atoms with van der Waals surface area (Å²) in [5, 5.41) is 2.99. The van der Waals surface area contributed by atoms with E-state index in [0.717, 1.165) is 30.6 Å². The second-order valence-electron chi connectivity index (χ2n) is 6.47. The zero-order valence-electron chi connectivity index (χ0n) is 14.5. The van der Waals surface area contributed by atoms with Gasteiger partial charge in [-0.05, 0) is 55.9 Å². The van der Waals surface area contributed by atoms with Crippen molar-refractivity contribution in [3.8, 4) is 5.75 Å². The monoisotopic (exact) mass is 340 g/mol. The zero-order chi connectivity index (χ0) is 17.6. The van der Waals surface area contributed by atoms with Crippen LogP contribution in [0.3, 0.4) is 0 Å². The third-order valence-electron chi connectivity index (χ3n) is 4.64. The van der Waals surface area contributed by atoms with Crippen molar-refractivity contribution in [3.05, 3.63) is 64.1 Å². The van der Waals surface area contributed by atoms with E-state index in [-0.39, 0.29) is 17.5 Å². The van der Waals surface area contributed by atoms with Gasteiger partial charge in [-0.1, -0.05) is 19.1 Å². The second-order valence-corrected chi connectivity index (χ2v) is 6.47. The Bertz CT molecular complexity index is 761. The number of carbonyl (C=O) groups is 1. The van der Waals surface area contributed by atoms with Crippen LogP contribution in [0.5, 0.6) is 5.75 Å². The lowest BCUT2D eigenvalue weighted by molar-refractivity contribution is 0.0935. The molecule has 1 atom stereocenters. The number of hydrogen-bond donors (Lipinski definition) is 2. The maximum absolute atomic E-state index is 12.3.